The minimum Gasteiger partial charge on any atom is -0.373 e. The molecule has 124 valence electrons. The number of ether oxygens (including phenoxy) is 1. The van der Waals surface area contributed by atoms with E-state index in [2.05, 4.69) is 0 Å². The maximum absolute atomic E-state index is 12.9. The number of morpholine rings is 1. The van der Waals surface area contributed by atoms with Gasteiger partial charge in [-0.05, 0) is 20.8 Å². The van der Waals surface area contributed by atoms with Gasteiger partial charge in [0.25, 0.3) is 15.6 Å². The molecule has 1 saturated heterocycles. The van der Waals surface area contributed by atoms with E-state index in [9.17, 15) is 18.0 Å². The Morgan fingerprint density at radius 2 is 1.55 bits per heavy atom. The van der Waals surface area contributed by atoms with Crippen molar-refractivity contribution in [3.63, 3.8) is 0 Å². The van der Waals surface area contributed by atoms with Crippen molar-refractivity contribution in [2.75, 3.05) is 13.1 Å². The summed E-state index contributed by atoms with van der Waals surface area (Å²) in [5.41, 5.74) is -1.21. The third kappa shape index (κ3) is 2.64. The Labute approximate surface area is 129 Å². The molecule has 0 radical (unpaired) electrons. The van der Waals surface area contributed by atoms with Gasteiger partial charge in [0.1, 0.15) is 0 Å². The standard InChI is InChI=1S/C13H21N3O5S/c1-8-6-16(7-9(2)21-8)22(19,20)11-10(3)14(4)13(18)15(5)12(11)17/h8-9H,6-7H2,1-5H3/t8-,9+. The van der Waals surface area contributed by atoms with E-state index in [1.807, 2.05) is 0 Å². The Bertz CT molecular complexity index is 798. The second-order valence-corrected chi connectivity index (χ2v) is 7.57. The van der Waals surface area contributed by atoms with E-state index in [1.165, 1.54) is 29.9 Å². The molecule has 1 aliphatic heterocycles. The molecule has 0 aliphatic carbocycles. The van der Waals surface area contributed by atoms with E-state index in [0.717, 1.165) is 4.57 Å². The summed E-state index contributed by atoms with van der Waals surface area (Å²) in [5, 5.41) is 0. The van der Waals surface area contributed by atoms with Gasteiger partial charge < -0.3 is 4.74 Å². The van der Waals surface area contributed by atoms with E-state index in [4.69, 9.17) is 4.74 Å². The summed E-state index contributed by atoms with van der Waals surface area (Å²) in [6.07, 6.45) is -0.509. The number of nitrogens with zero attached hydrogens (tertiary/aromatic N) is 3. The fourth-order valence-corrected chi connectivity index (χ4v) is 4.61. The Hall–Kier alpha value is -1.45. The van der Waals surface area contributed by atoms with Gasteiger partial charge in [-0.1, -0.05) is 0 Å². The van der Waals surface area contributed by atoms with Gasteiger partial charge >= 0.3 is 5.69 Å². The fourth-order valence-electron chi connectivity index (χ4n) is 2.67. The van der Waals surface area contributed by atoms with Crippen LogP contribution in [-0.4, -0.2) is 47.2 Å². The molecule has 0 unspecified atom stereocenters. The first-order valence-corrected chi connectivity index (χ1v) is 8.43. The lowest BCUT2D eigenvalue weighted by atomic mass is 10.3. The minimum atomic E-state index is -3.99. The predicted molar refractivity (Wildman–Crippen MR) is 80.4 cm³/mol. The molecule has 8 nitrogen and oxygen atoms in total. The summed E-state index contributed by atoms with van der Waals surface area (Å²) in [7, 11) is -1.27. The largest absolute Gasteiger partial charge is 0.373 e. The SMILES string of the molecule is Cc1c(S(=O)(=O)N2C[C@@H](C)O[C@@H](C)C2)c(=O)n(C)c(=O)n1C. The van der Waals surface area contributed by atoms with Crippen molar-refractivity contribution in [2.24, 2.45) is 14.1 Å². The summed E-state index contributed by atoms with van der Waals surface area (Å²) in [5.74, 6) is 0. The molecule has 22 heavy (non-hydrogen) atoms. The molecule has 0 amide bonds. The minimum absolute atomic E-state index is 0.139. The average Bonchev–Trinajstić information content (AvgIpc) is 2.42. The lowest BCUT2D eigenvalue weighted by Gasteiger charge is -2.34. The van der Waals surface area contributed by atoms with Gasteiger partial charge in [-0.2, -0.15) is 4.31 Å². The van der Waals surface area contributed by atoms with Crippen molar-refractivity contribution in [1.82, 2.24) is 13.4 Å². The Balaban J connectivity index is 2.65. The van der Waals surface area contributed by atoms with Crippen molar-refractivity contribution < 1.29 is 13.2 Å². The van der Waals surface area contributed by atoms with Crippen LogP contribution >= 0.6 is 0 Å². The highest BCUT2D eigenvalue weighted by Gasteiger charge is 2.36. The molecule has 2 heterocycles. The Kier molecular flexibility index (Phi) is 4.33. The first-order chi connectivity index (χ1) is 10.1. The first kappa shape index (κ1) is 16.9. The second-order valence-electron chi connectivity index (χ2n) is 5.70. The molecular weight excluding hydrogens is 310 g/mol. The second kappa shape index (κ2) is 5.64. The zero-order chi connectivity index (χ0) is 16.8. The molecule has 0 spiro atoms. The van der Waals surface area contributed by atoms with Crippen LogP contribution in [0.25, 0.3) is 0 Å². The van der Waals surface area contributed by atoms with Crippen molar-refractivity contribution in [3.8, 4) is 0 Å². The molecule has 0 bridgehead atoms. The summed E-state index contributed by atoms with van der Waals surface area (Å²) in [6.45, 7) is 5.38. The van der Waals surface area contributed by atoms with Crippen LogP contribution in [0.1, 0.15) is 19.5 Å². The highest BCUT2D eigenvalue weighted by molar-refractivity contribution is 7.89. The molecule has 1 aromatic rings. The van der Waals surface area contributed by atoms with Crippen molar-refractivity contribution in [1.29, 1.82) is 0 Å². The zero-order valence-corrected chi connectivity index (χ0v) is 14.2. The van der Waals surface area contributed by atoms with Crippen LogP contribution in [0.3, 0.4) is 0 Å². The number of hydrogen-bond acceptors (Lipinski definition) is 5. The van der Waals surface area contributed by atoms with Crippen LogP contribution in [0, 0.1) is 6.92 Å². The number of aromatic nitrogens is 2. The van der Waals surface area contributed by atoms with Crippen LogP contribution in [0.2, 0.25) is 0 Å². The highest BCUT2D eigenvalue weighted by Crippen LogP contribution is 2.20. The summed E-state index contributed by atoms with van der Waals surface area (Å²) in [6, 6.07) is 0. The summed E-state index contributed by atoms with van der Waals surface area (Å²) in [4.78, 5) is 23.8. The van der Waals surface area contributed by atoms with Crippen molar-refractivity contribution >= 4 is 10.0 Å². The predicted octanol–water partition coefficient (Wildman–Crippen LogP) is -0.810. The number of rotatable bonds is 2. The molecule has 1 fully saturated rings. The normalized spacial score (nSPS) is 23.7. The van der Waals surface area contributed by atoms with Crippen LogP contribution in [-0.2, 0) is 28.9 Å². The van der Waals surface area contributed by atoms with E-state index in [0.29, 0.717) is 0 Å². The van der Waals surface area contributed by atoms with Gasteiger partial charge in [0.05, 0.1) is 12.2 Å². The van der Waals surface area contributed by atoms with Crippen LogP contribution in [0.15, 0.2) is 14.5 Å². The molecule has 1 aliphatic rings. The zero-order valence-electron chi connectivity index (χ0n) is 13.4. The molecular formula is C13H21N3O5S. The molecule has 2 atom stereocenters. The third-order valence-corrected chi connectivity index (χ3v) is 5.85. The van der Waals surface area contributed by atoms with Crippen LogP contribution in [0.5, 0.6) is 0 Å². The van der Waals surface area contributed by atoms with Crippen molar-refractivity contribution in [3.05, 3.63) is 26.5 Å². The van der Waals surface area contributed by atoms with E-state index in [-0.39, 0.29) is 35.9 Å². The molecule has 1 aromatic heterocycles. The molecule has 0 N–H and O–H groups in total. The fraction of sp³-hybridized carbons (Fsp3) is 0.692. The smallest absolute Gasteiger partial charge is 0.330 e. The monoisotopic (exact) mass is 331 g/mol. The molecule has 9 heteroatoms. The van der Waals surface area contributed by atoms with Crippen LogP contribution in [0.4, 0.5) is 0 Å². The first-order valence-electron chi connectivity index (χ1n) is 6.99. The molecule has 0 aromatic carbocycles. The van der Waals surface area contributed by atoms with E-state index >= 15 is 0 Å². The number of sulfonamides is 1. The van der Waals surface area contributed by atoms with Crippen LogP contribution < -0.4 is 11.2 Å². The number of hydrogen-bond donors (Lipinski definition) is 0. The summed E-state index contributed by atoms with van der Waals surface area (Å²) < 4.78 is 34.5. The lowest BCUT2D eigenvalue weighted by molar-refractivity contribution is -0.0441. The van der Waals surface area contributed by atoms with Gasteiger partial charge in [-0.3, -0.25) is 13.9 Å². The highest BCUT2D eigenvalue weighted by atomic mass is 32.2. The quantitative estimate of drug-likeness (QED) is 0.707. The van der Waals surface area contributed by atoms with E-state index < -0.39 is 21.3 Å². The molecule has 0 saturated carbocycles. The molecule has 2 rings (SSSR count). The van der Waals surface area contributed by atoms with Gasteiger partial charge in [0.2, 0.25) is 0 Å². The van der Waals surface area contributed by atoms with Gasteiger partial charge in [-0.15, -0.1) is 0 Å². The maximum atomic E-state index is 12.9. The average molecular weight is 331 g/mol. The van der Waals surface area contributed by atoms with Gasteiger partial charge in [0, 0.05) is 32.9 Å². The topological polar surface area (TPSA) is 90.6 Å². The van der Waals surface area contributed by atoms with Crippen molar-refractivity contribution in [2.45, 2.75) is 37.9 Å². The summed E-state index contributed by atoms with van der Waals surface area (Å²) >= 11 is 0. The lowest BCUT2D eigenvalue weighted by Crippen LogP contribution is -2.50. The Morgan fingerprint density at radius 1 is 1.05 bits per heavy atom. The third-order valence-electron chi connectivity index (χ3n) is 3.89. The van der Waals surface area contributed by atoms with Gasteiger partial charge in [-0.25, -0.2) is 13.2 Å². The van der Waals surface area contributed by atoms with E-state index in [1.54, 1.807) is 13.8 Å². The maximum Gasteiger partial charge on any atom is 0.330 e. The van der Waals surface area contributed by atoms with Gasteiger partial charge in [0.15, 0.2) is 4.90 Å². The Morgan fingerprint density at radius 3 is 2.05 bits per heavy atom.